The molecule has 0 unspecified atom stereocenters. The molecular formula is C5H10Pt. The van der Waals surface area contributed by atoms with Gasteiger partial charge in [-0.3, -0.25) is 0 Å². The van der Waals surface area contributed by atoms with Crippen LogP contribution >= 0.6 is 0 Å². The normalized spacial score (nSPS) is 8.50. The Kier molecular flexibility index (Phi) is 6.08. The molecule has 0 aromatic rings. The Labute approximate surface area is 50.4 Å². The van der Waals surface area contributed by atoms with E-state index in [9.17, 15) is 0 Å². The third-order valence-corrected chi connectivity index (χ3v) is 1.30. The van der Waals surface area contributed by atoms with Crippen LogP contribution in [0.5, 0.6) is 0 Å². The van der Waals surface area contributed by atoms with Gasteiger partial charge in [-0.1, -0.05) is 0 Å². The van der Waals surface area contributed by atoms with E-state index in [-0.39, 0.29) is 0 Å². The van der Waals surface area contributed by atoms with E-state index in [1.165, 1.54) is 19.3 Å². The van der Waals surface area contributed by atoms with Gasteiger partial charge in [-0.25, -0.2) is 0 Å². The van der Waals surface area contributed by atoms with Gasteiger partial charge >= 0.3 is 49.9 Å². The molecule has 0 saturated carbocycles. The van der Waals surface area contributed by atoms with Crippen LogP contribution in [0.25, 0.3) is 0 Å². The van der Waals surface area contributed by atoms with Crippen LogP contribution in [0.15, 0.2) is 0 Å². The fourth-order valence-corrected chi connectivity index (χ4v) is 0.732. The molecule has 0 aromatic heterocycles. The summed E-state index contributed by atoms with van der Waals surface area (Å²) in [6, 6.07) is 0. The van der Waals surface area contributed by atoms with Crippen LogP contribution in [0.3, 0.4) is 0 Å². The average Bonchev–Trinajstić information content (AvgIpc) is 1.61. The molecule has 0 heterocycles. The Morgan fingerprint density at radius 1 is 1.67 bits per heavy atom. The second-order valence-corrected chi connectivity index (χ2v) is 2.20. The van der Waals surface area contributed by atoms with E-state index in [4.69, 9.17) is 0 Å². The maximum absolute atomic E-state index is 2.27. The van der Waals surface area contributed by atoms with Crippen LogP contribution in [-0.4, -0.2) is 4.40 Å². The predicted octanol–water partition coefficient (Wildman–Crippen LogP) is 1.53. The van der Waals surface area contributed by atoms with Crippen LogP contribution < -0.4 is 0 Å². The zero-order chi connectivity index (χ0) is 4.83. The van der Waals surface area contributed by atoms with Gasteiger partial charge in [0.2, 0.25) is 0 Å². The summed E-state index contributed by atoms with van der Waals surface area (Å²) in [6.07, 6.45) is 3.95. The molecule has 0 rings (SSSR count). The van der Waals surface area contributed by atoms with E-state index in [0.717, 1.165) is 0 Å². The number of unbranched alkanes of at least 4 members (excludes halogenated alkanes) is 2. The van der Waals surface area contributed by atoms with Gasteiger partial charge in [0.15, 0.2) is 0 Å². The Balaban J connectivity index is 2.49. The summed E-state index contributed by atoms with van der Waals surface area (Å²) in [6.45, 7) is 2.21. The van der Waals surface area contributed by atoms with Crippen molar-refractivity contribution in [3.8, 4) is 0 Å². The van der Waals surface area contributed by atoms with Crippen molar-refractivity contribution >= 4 is 4.40 Å². The molecule has 40 valence electrons. The summed E-state index contributed by atoms with van der Waals surface area (Å²) in [5, 5.41) is 0. The third-order valence-electron chi connectivity index (χ3n) is 0.649. The first-order valence-corrected chi connectivity index (χ1v) is 3.61. The van der Waals surface area contributed by atoms with Gasteiger partial charge in [0.25, 0.3) is 0 Å². The predicted molar refractivity (Wildman–Crippen MR) is 25.6 cm³/mol. The van der Waals surface area contributed by atoms with E-state index < -0.39 is 0 Å². The van der Waals surface area contributed by atoms with Crippen molar-refractivity contribution in [3.63, 3.8) is 0 Å². The van der Waals surface area contributed by atoms with Gasteiger partial charge in [0, 0.05) is 0 Å². The first kappa shape index (κ1) is 6.56. The summed E-state index contributed by atoms with van der Waals surface area (Å²) in [7, 11) is 0. The van der Waals surface area contributed by atoms with Crippen molar-refractivity contribution in [2.24, 2.45) is 0 Å². The van der Waals surface area contributed by atoms with Crippen LogP contribution in [-0.2, 0) is 19.4 Å². The van der Waals surface area contributed by atoms with Crippen LogP contribution in [0.4, 0.5) is 0 Å². The molecule has 6 heavy (non-hydrogen) atoms. The molecule has 0 atom stereocenters. The van der Waals surface area contributed by atoms with Crippen LogP contribution in [0, 0.1) is 0 Å². The fourth-order valence-electron chi connectivity index (χ4n) is 0.269. The third kappa shape index (κ3) is 4.56. The topological polar surface area (TPSA) is 0 Å². The van der Waals surface area contributed by atoms with E-state index in [1.807, 2.05) is 0 Å². The summed E-state index contributed by atoms with van der Waals surface area (Å²) >= 11 is 2.27. The standard InChI is InChI=1S/C5H10.Pt/c1-3-5-4-2;/h1H,3-5H2,2H3;. The molecule has 0 radical (unpaired) electrons. The quantitative estimate of drug-likeness (QED) is 0.679. The molecule has 0 aliphatic heterocycles. The van der Waals surface area contributed by atoms with Crippen LogP contribution in [0.1, 0.15) is 26.2 Å². The van der Waals surface area contributed by atoms with Gasteiger partial charge in [-0.05, 0) is 0 Å². The van der Waals surface area contributed by atoms with E-state index >= 15 is 0 Å². The fraction of sp³-hybridized carbons (Fsp3) is 0.800. The molecule has 0 aliphatic rings. The van der Waals surface area contributed by atoms with Crippen molar-refractivity contribution < 1.29 is 19.4 Å². The van der Waals surface area contributed by atoms with Crippen molar-refractivity contribution in [1.82, 2.24) is 0 Å². The first-order chi connectivity index (χ1) is 2.91. The molecule has 1 heteroatoms. The summed E-state index contributed by atoms with van der Waals surface area (Å²) < 4.78 is 2.18. The van der Waals surface area contributed by atoms with Gasteiger partial charge < -0.3 is 0 Å². The van der Waals surface area contributed by atoms with E-state index in [0.29, 0.717) is 0 Å². The van der Waals surface area contributed by atoms with Crippen molar-refractivity contribution in [1.29, 1.82) is 0 Å². The molecule has 0 spiro atoms. The molecule has 0 aliphatic carbocycles. The Bertz CT molecular complexity index is 32.9. The molecule has 0 bridgehead atoms. The Morgan fingerprint density at radius 3 is 2.50 bits per heavy atom. The molecule has 0 fully saturated rings. The molecule has 0 nitrogen and oxygen atoms in total. The monoisotopic (exact) mass is 265 g/mol. The average molecular weight is 265 g/mol. The molecule has 0 amide bonds. The van der Waals surface area contributed by atoms with E-state index in [1.54, 1.807) is 0 Å². The summed E-state index contributed by atoms with van der Waals surface area (Å²) in [4.78, 5) is 0. The summed E-state index contributed by atoms with van der Waals surface area (Å²) in [5.41, 5.74) is 0. The number of hydrogen-bond donors (Lipinski definition) is 0. The zero-order valence-corrected chi connectivity index (χ0v) is 6.29. The van der Waals surface area contributed by atoms with Crippen molar-refractivity contribution in [2.45, 2.75) is 26.2 Å². The maximum atomic E-state index is 2.27. The van der Waals surface area contributed by atoms with E-state index in [2.05, 4.69) is 30.7 Å². The van der Waals surface area contributed by atoms with Crippen LogP contribution in [0.2, 0.25) is 0 Å². The van der Waals surface area contributed by atoms with Crippen molar-refractivity contribution in [2.75, 3.05) is 0 Å². The first-order valence-electron chi connectivity index (χ1n) is 2.30. The van der Waals surface area contributed by atoms with Gasteiger partial charge in [0.1, 0.15) is 0 Å². The number of rotatable bonds is 3. The molecule has 0 N–H and O–H groups in total. The second kappa shape index (κ2) is 5.56. The Hall–Kier alpha value is 0.558. The molecule has 0 saturated heterocycles. The SMILES string of the molecule is CCCC[CH]=[Pt]. The molecule has 0 aromatic carbocycles. The van der Waals surface area contributed by atoms with Crippen molar-refractivity contribution in [3.05, 3.63) is 0 Å². The summed E-state index contributed by atoms with van der Waals surface area (Å²) in [5.74, 6) is 0. The van der Waals surface area contributed by atoms with Gasteiger partial charge in [0.05, 0.1) is 0 Å². The van der Waals surface area contributed by atoms with Gasteiger partial charge in [-0.15, -0.1) is 0 Å². The second-order valence-electron chi connectivity index (χ2n) is 1.27. The zero-order valence-electron chi connectivity index (χ0n) is 4.01. The minimum atomic E-state index is 1.28. The number of hydrogen-bond acceptors (Lipinski definition) is 0. The molecular weight excluding hydrogens is 255 g/mol. The Morgan fingerprint density at radius 2 is 2.33 bits per heavy atom. The van der Waals surface area contributed by atoms with Gasteiger partial charge in [-0.2, -0.15) is 0 Å². The minimum absolute atomic E-state index is 1.28.